The quantitative estimate of drug-likeness (QED) is 0.600. The molecular formula is C19H30N2. The van der Waals surface area contributed by atoms with E-state index in [4.69, 9.17) is 0 Å². The molecule has 2 nitrogen and oxygen atoms in total. The summed E-state index contributed by atoms with van der Waals surface area (Å²) in [6.45, 7) is 7.57. The maximum atomic E-state index is 3.43. The van der Waals surface area contributed by atoms with Crippen molar-refractivity contribution in [2.75, 3.05) is 6.54 Å². The number of hydrogen-bond donors (Lipinski definition) is 1. The van der Waals surface area contributed by atoms with Crippen LogP contribution in [0.5, 0.6) is 0 Å². The Bertz CT molecular complexity index is 527. The highest BCUT2D eigenvalue weighted by Gasteiger charge is 2.05. The highest BCUT2D eigenvalue weighted by atomic mass is 14.9. The number of nitrogens with one attached hydrogen (secondary N) is 1. The first kappa shape index (κ1) is 16.1. The van der Waals surface area contributed by atoms with Crippen LogP contribution in [0.3, 0.4) is 0 Å². The van der Waals surface area contributed by atoms with Gasteiger partial charge < -0.3 is 9.88 Å². The number of unbranched alkanes of at least 4 members (excludes halogenated alkanes) is 5. The highest BCUT2D eigenvalue weighted by molar-refractivity contribution is 5.83. The molecule has 0 atom stereocenters. The summed E-state index contributed by atoms with van der Waals surface area (Å²) in [5, 5.41) is 4.84. The third kappa shape index (κ3) is 4.60. The number of aryl methyl sites for hydroxylation is 1. The lowest BCUT2D eigenvalue weighted by Crippen LogP contribution is -2.11. The molecule has 0 aliphatic heterocycles. The van der Waals surface area contributed by atoms with Gasteiger partial charge >= 0.3 is 0 Å². The largest absolute Gasteiger partial charge is 0.347 e. The van der Waals surface area contributed by atoms with Gasteiger partial charge in [0.15, 0.2) is 0 Å². The van der Waals surface area contributed by atoms with Crippen LogP contribution >= 0.6 is 0 Å². The van der Waals surface area contributed by atoms with Gasteiger partial charge in [-0.15, -0.1) is 0 Å². The average molecular weight is 286 g/mol. The monoisotopic (exact) mass is 286 g/mol. The third-order valence-electron chi connectivity index (χ3n) is 4.22. The van der Waals surface area contributed by atoms with Crippen LogP contribution in [-0.4, -0.2) is 11.1 Å². The van der Waals surface area contributed by atoms with Crippen molar-refractivity contribution in [3.63, 3.8) is 0 Å². The van der Waals surface area contributed by atoms with Crippen LogP contribution in [0.1, 0.15) is 57.9 Å². The highest BCUT2D eigenvalue weighted by Crippen LogP contribution is 2.21. The predicted molar refractivity (Wildman–Crippen MR) is 92.7 cm³/mol. The van der Waals surface area contributed by atoms with Gasteiger partial charge in [-0.2, -0.15) is 0 Å². The minimum Gasteiger partial charge on any atom is -0.347 e. The second-order valence-electron chi connectivity index (χ2n) is 5.91. The van der Waals surface area contributed by atoms with E-state index in [-0.39, 0.29) is 0 Å². The molecule has 21 heavy (non-hydrogen) atoms. The van der Waals surface area contributed by atoms with Crippen molar-refractivity contribution in [3.8, 4) is 0 Å². The van der Waals surface area contributed by atoms with Crippen molar-refractivity contribution >= 4 is 10.9 Å². The Labute approximate surface area is 129 Å². The molecule has 0 radical (unpaired) electrons. The van der Waals surface area contributed by atoms with E-state index in [0.717, 1.165) is 19.6 Å². The first-order chi connectivity index (χ1) is 10.4. The van der Waals surface area contributed by atoms with Crippen LogP contribution in [0.25, 0.3) is 10.9 Å². The predicted octanol–water partition coefficient (Wildman–Crippen LogP) is 5.11. The van der Waals surface area contributed by atoms with Crippen molar-refractivity contribution < 1.29 is 0 Å². The van der Waals surface area contributed by atoms with Crippen LogP contribution in [0.15, 0.2) is 30.5 Å². The summed E-state index contributed by atoms with van der Waals surface area (Å²) in [5.41, 5.74) is 2.80. The molecule has 2 aromatic rings. The molecule has 0 bridgehead atoms. The lowest BCUT2D eigenvalue weighted by molar-refractivity contribution is 0.565. The number of hydrogen-bond acceptors (Lipinski definition) is 1. The molecule has 1 aromatic carbocycles. The van der Waals surface area contributed by atoms with Gasteiger partial charge in [-0.1, -0.05) is 58.1 Å². The first-order valence-corrected chi connectivity index (χ1v) is 8.64. The molecule has 0 saturated carbocycles. The summed E-state index contributed by atoms with van der Waals surface area (Å²) >= 11 is 0. The van der Waals surface area contributed by atoms with Gasteiger partial charge in [-0.3, -0.25) is 0 Å². The Hall–Kier alpha value is -1.28. The summed E-state index contributed by atoms with van der Waals surface area (Å²) < 4.78 is 2.42. The Morgan fingerprint density at radius 2 is 1.76 bits per heavy atom. The topological polar surface area (TPSA) is 17.0 Å². The number of aromatic nitrogens is 1. The molecule has 2 heteroatoms. The molecule has 0 aliphatic rings. The first-order valence-electron chi connectivity index (χ1n) is 8.64. The van der Waals surface area contributed by atoms with E-state index in [1.165, 1.54) is 55.0 Å². The minimum atomic E-state index is 0.967. The zero-order chi connectivity index (χ0) is 14.9. The lowest BCUT2D eigenvalue weighted by atomic mass is 10.1. The SMILES string of the molecule is CCCCCCCCn1ccc2c(CNCC)cccc21. The Balaban J connectivity index is 1.92. The third-order valence-corrected chi connectivity index (χ3v) is 4.22. The molecule has 0 amide bonds. The van der Waals surface area contributed by atoms with E-state index < -0.39 is 0 Å². The number of fused-ring (bicyclic) bond motifs is 1. The molecule has 1 aromatic heterocycles. The molecule has 116 valence electrons. The molecule has 0 saturated heterocycles. The van der Waals surface area contributed by atoms with Crippen molar-refractivity contribution in [1.29, 1.82) is 0 Å². The number of rotatable bonds is 10. The fourth-order valence-corrected chi connectivity index (χ4v) is 2.96. The Kier molecular flexibility index (Phi) is 6.81. The molecule has 1 N–H and O–H groups in total. The molecule has 0 fully saturated rings. The van der Waals surface area contributed by atoms with Crippen molar-refractivity contribution in [3.05, 3.63) is 36.0 Å². The second kappa shape index (κ2) is 8.89. The summed E-state index contributed by atoms with van der Waals surface area (Å²) in [6, 6.07) is 8.95. The zero-order valence-corrected chi connectivity index (χ0v) is 13.7. The maximum absolute atomic E-state index is 3.43. The van der Waals surface area contributed by atoms with Crippen LogP contribution in [0, 0.1) is 0 Å². The summed E-state index contributed by atoms with van der Waals surface area (Å²) in [6.07, 6.45) is 10.4. The Morgan fingerprint density at radius 1 is 0.952 bits per heavy atom. The standard InChI is InChI=1S/C19H30N2/c1-3-5-6-7-8-9-14-21-15-13-18-17(16-20-4-2)11-10-12-19(18)21/h10-13,15,20H,3-9,14,16H2,1-2H3. The molecule has 2 rings (SSSR count). The van der Waals surface area contributed by atoms with Crippen molar-refractivity contribution in [2.24, 2.45) is 0 Å². The van der Waals surface area contributed by atoms with Crippen molar-refractivity contribution in [1.82, 2.24) is 9.88 Å². The fraction of sp³-hybridized carbons (Fsp3) is 0.579. The van der Waals surface area contributed by atoms with Crippen LogP contribution < -0.4 is 5.32 Å². The maximum Gasteiger partial charge on any atom is 0.0483 e. The average Bonchev–Trinajstić information content (AvgIpc) is 2.92. The van der Waals surface area contributed by atoms with Gasteiger partial charge in [0, 0.05) is 30.2 Å². The van der Waals surface area contributed by atoms with Gasteiger partial charge in [0.25, 0.3) is 0 Å². The lowest BCUT2D eigenvalue weighted by Gasteiger charge is -2.08. The van der Waals surface area contributed by atoms with Crippen molar-refractivity contribution in [2.45, 2.75) is 65.5 Å². The summed E-state index contributed by atoms with van der Waals surface area (Å²) in [7, 11) is 0. The minimum absolute atomic E-state index is 0.967. The van der Waals surface area contributed by atoms with Gasteiger partial charge in [-0.05, 0) is 30.7 Å². The van der Waals surface area contributed by atoms with E-state index >= 15 is 0 Å². The summed E-state index contributed by atoms with van der Waals surface area (Å²) in [4.78, 5) is 0. The van der Waals surface area contributed by atoms with E-state index in [1.807, 2.05) is 0 Å². The van der Waals surface area contributed by atoms with Gasteiger partial charge in [-0.25, -0.2) is 0 Å². The summed E-state index contributed by atoms with van der Waals surface area (Å²) in [5.74, 6) is 0. The van der Waals surface area contributed by atoms with E-state index in [2.05, 4.69) is 54.2 Å². The molecule has 1 heterocycles. The van der Waals surface area contributed by atoms with Gasteiger partial charge in [0.2, 0.25) is 0 Å². The van der Waals surface area contributed by atoms with Crippen LogP contribution in [-0.2, 0) is 13.1 Å². The molecule has 0 unspecified atom stereocenters. The van der Waals surface area contributed by atoms with Crippen LogP contribution in [0.2, 0.25) is 0 Å². The van der Waals surface area contributed by atoms with Crippen LogP contribution in [0.4, 0.5) is 0 Å². The van der Waals surface area contributed by atoms with E-state index in [1.54, 1.807) is 0 Å². The molecular weight excluding hydrogens is 256 g/mol. The van der Waals surface area contributed by atoms with Gasteiger partial charge in [0.1, 0.15) is 0 Å². The number of nitrogens with zero attached hydrogens (tertiary/aromatic N) is 1. The molecule has 0 spiro atoms. The van der Waals surface area contributed by atoms with E-state index in [0.29, 0.717) is 0 Å². The van der Waals surface area contributed by atoms with E-state index in [9.17, 15) is 0 Å². The zero-order valence-electron chi connectivity index (χ0n) is 13.7. The number of benzene rings is 1. The fourth-order valence-electron chi connectivity index (χ4n) is 2.96. The smallest absolute Gasteiger partial charge is 0.0483 e. The molecule has 0 aliphatic carbocycles. The van der Waals surface area contributed by atoms with Gasteiger partial charge in [0.05, 0.1) is 0 Å². The second-order valence-corrected chi connectivity index (χ2v) is 5.91. The Morgan fingerprint density at radius 3 is 2.57 bits per heavy atom. The normalized spacial score (nSPS) is 11.3.